The normalized spacial score (nSPS) is 12.2. The second-order valence-electron chi connectivity index (χ2n) is 7.18. The summed E-state index contributed by atoms with van der Waals surface area (Å²) < 4.78 is 2.05. The molecule has 8 heteroatoms. The minimum absolute atomic E-state index is 0.120. The number of thioether (sulfide) groups is 1. The van der Waals surface area contributed by atoms with Gasteiger partial charge in [0.1, 0.15) is 0 Å². The van der Waals surface area contributed by atoms with Crippen molar-refractivity contribution in [1.29, 1.82) is 0 Å². The monoisotopic (exact) mass is 462 g/mol. The number of hydrogen-bond acceptors (Lipinski definition) is 4. The van der Waals surface area contributed by atoms with Crippen molar-refractivity contribution in [3.63, 3.8) is 0 Å². The van der Waals surface area contributed by atoms with Gasteiger partial charge >= 0.3 is 0 Å². The van der Waals surface area contributed by atoms with Crippen molar-refractivity contribution < 1.29 is 4.79 Å². The first kappa shape index (κ1) is 22.7. The van der Waals surface area contributed by atoms with E-state index in [0.29, 0.717) is 27.9 Å². The molecule has 1 aromatic heterocycles. The van der Waals surface area contributed by atoms with Gasteiger partial charge in [-0.1, -0.05) is 73.1 Å². The van der Waals surface area contributed by atoms with Crippen molar-refractivity contribution in [1.82, 2.24) is 20.1 Å². The van der Waals surface area contributed by atoms with Gasteiger partial charge in [0.25, 0.3) is 5.91 Å². The Morgan fingerprint density at radius 2 is 1.83 bits per heavy atom. The van der Waals surface area contributed by atoms with Gasteiger partial charge in [0.05, 0.1) is 16.1 Å². The highest BCUT2D eigenvalue weighted by Crippen LogP contribution is 2.29. The fraction of sp³-hybridized carbons (Fsp3) is 0.318. The largest absolute Gasteiger partial charge is 0.342 e. The molecule has 0 bridgehead atoms. The van der Waals surface area contributed by atoms with Crippen LogP contribution in [0, 0.1) is 5.92 Å². The molecule has 5 nitrogen and oxygen atoms in total. The summed E-state index contributed by atoms with van der Waals surface area (Å²) in [5.74, 6) is 1.48. The molecule has 0 saturated carbocycles. The van der Waals surface area contributed by atoms with Gasteiger partial charge in [0.15, 0.2) is 11.0 Å². The van der Waals surface area contributed by atoms with E-state index in [1.807, 2.05) is 37.3 Å². The summed E-state index contributed by atoms with van der Waals surface area (Å²) in [6.07, 6.45) is 0. The van der Waals surface area contributed by atoms with Crippen LogP contribution in [0.25, 0.3) is 0 Å². The molecule has 1 atom stereocenters. The first-order chi connectivity index (χ1) is 14.4. The third-order valence-corrected chi connectivity index (χ3v) is 6.46. The Hall–Kier alpha value is -2.02. The van der Waals surface area contributed by atoms with Gasteiger partial charge in [-0.05, 0) is 42.7 Å². The van der Waals surface area contributed by atoms with Crippen molar-refractivity contribution >= 4 is 40.9 Å². The van der Waals surface area contributed by atoms with Gasteiger partial charge in [-0.2, -0.15) is 0 Å². The number of hydrogen-bond donors (Lipinski definition) is 1. The summed E-state index contributed by atoms with van der Waals surface area (Å²) in [5.41, 5.74) is 1.68. The Balaban J connectivity index is 1.79. The van der Waals surface area contributed by atoms with Crippen LogP contribution < -0.4 is 5.32 Å². The van der Waals surface area contributed by atoms with Crippen LogP contribution in [0.1, 0.15) is 48.6 Å². The predicted molar refractivity (Wildman–Crippen MR) is 123 cm³/mol. The third kappa shape index (κ3) is 5.36. The summed E-state index contributed by atoms with van der Waals surface area (Å²) in [4.78, 5) is 12.7. The van der Waals surface area contributed by atoms with E-state index in [2.05, 4.69) is 33.9 Å². The number of rotatable bonds is 8. The van der Waals surface area contributed by atoms with Crippen LogP contribution >= 0.6 is 35.0 Å². The minimum Gasteiger partial charge on any atom is -0.342 e. The van der Waals surface area contributed by atoms with E-state index in [4.69, 9.17) is 23.2 Å². The van der Waals surface area contributed by atoms with Crippen LogP contribution in [0.3, 0.4) is 0 Å². The first-order valence-electron chi connectivity index (χ1n) is 9.76. The molecular weight excluding hydrogens is 439 g/mol. The van der Waals surface area contributed by atoms with Crippen LogP contribution in [0.4, 0.5) is 0 Å². The standard InChI is InChI=1S/C22H24Cl2N4OS/c1-4-28-20(19(14(2)3)25-21(29)16-8-6-5-7-9-16)26-27-22(28)30-13-15-10-11-17(23)18(24)12-15/h5-12,14,19H,4,13H2,1-3H3,(H,25,29)/t19-/m1/s1. The molecule has 1 N–H and O–H groups in total. The van der Waals surface area contributed by atoms with Crippen LogP contribution in [0.15, 0.2) is 53.7 Å². The van der Waals surface area contributed by atoms with Crippen molar-refractivity contribution in [2.75, 3.05) is 0 Å². The molecule has 0 aliphatic rings. The lowest BCUT2D eigenvalue weighted by atomic mass is 10.0. The lowest BCUT2D eigenvalue weighted by Gasteiger charge is -2.22. The molecule has 0 spiro atoms. The van der Waals surface area contributed by atoms with Crippen molar-refractivity contribution in [3.05, 3.63) is 75.5 Å². The fourth-order valence-electron chi connectivity index (χ4n) is 3.05. The van der Waals surface area contributed by atoms with E-state index < -0.39 is 0 Å². The molecule has 0 fully saturated rings. The molecule has 0 aliphatic heterocycles. The average molecular weight is 463 g/mol. The molecule has 3 rings (SSSR count). The van der Waals surface area contributed by atoms with Gasteiger partial charge in [-0.25, -0.2) is 0 Å². The Morgan fingerprint density at radius 1 is 1.10 bits per heavy atom. The van der Waals surface area contributed by atoms with E-state index in [1.165, 1.54) is 0 Å². The lowest BCUT2D eigenvalue weighted by molar-refractivity contribution is 0.0922. The maximum absolute atomic E-state index is 12.7. The molecular formula is C22H24Cl2N4OS. The number of benzene rings is 2. The summed E-state index contributed by atoms with van der Waals surface area (Å²) in [6.45, 7) is 6.88. The number of nitrogens with one attached hydrogen (secondary N) is 1. The Labute approximate surface area is 191 Å². The van der Waals surface area contributed by atoms with Crippen LogP contribution in [0.2, 0.25) is 10.0 Å². The van der Waals surface area contributed by atoms with Gasteiger partial charge in [0, 0.05) is 17.9 Å². The highest BCUT2D eigenvalue weighted by atomic mass is 35.5. The highest BCUT2D eigenvalue weighted by Gasteiger charge is 2.26. The van der Waals surface area contributed by atoms with E-state index in [-0.39, 0.29) is 17.9 Å². The number of carbonyl (C=O) groups is 1. The van der Waals surface area contributed by atoms with E-state index in [1.54, 1.807) is 30.0 Å². The Bertz CT molecular complexity index is 1010. The number of nitrogens with zero attached hydrogens (tertiary/aromatic N) is 3. The van der Waals surface area contributed by atoms with E-state index >= 15 is 0 Å². The third-order valence-electron chi connectivity index (χ3n) is 4.68. The smallest absolute Gasteiger partial charge is 0.251 e. The topological polar surface area (TPSA) is 59.8 Å². The van der Waals surface area contributed by atoms with Crippen molar-refractivity contribution in [3.8, 4) is 0 Å². The molecule has 0 radical (unpaired) electrons. The van der Waals surface area contributed by atoms with Gasteiger partial charge in [-0.3, -0.25) is 4.79 Å². The number of carbonyl (C=O) groups excluding carboxylic acids is 1. The predicted octanol–water partition coefficient (Wildman–Crippen LogP) is 6.02. The van der Waals surface area contributed by atoms with Gasteiger partial charge < -0.3 is 9.88 Å². The molecule has 2 aromatic carbocycles. The first-order valence-corrected chi connectivity index (χ1v) is 11.5. The summed E-state index contributed by atoms with van der Waals surface area (Å²) in [5, 5.41) is 13.8. The second kappa shape index (κ2) is 10.3. The zero-order valence-corrected chi connectivity index (χ0v) is 19.4. The summed E-state index contributed by atoms with van der Waals surface area (Å²) in [6, 6.07) is 14.6. The number of amides is 1. The number of aromatic nitrogens is 3. The Kier molecular flexibility index (Phi) is 7.81. The molecule has 3 aromatic rings. The maximum atomic E-state index is 12.7. The maximum Gasteiger partial charge on any atom is 0.251 e. The zero-order valence-electron chi connectivity index (χ0n) is 17.1. The van der Waals surface area contributed by atoms with Gasteiger partial charge in [0.2, 0.25) is 0 Å². The zero-order chi connectivity index (χ0) is 21.7. The molecule has 158 valence electrons. The average Bonchev–Trinajstić information content (AvgIpc) is 3.15. The lowest BCUT2D eigenvalue weighted by Crippen LogP contribution is -2.33. The molecule has 1 heterocycles. The minimum atomic E-state index is -0.246. The quantitative estimate of drug-likeness (QED) is 0.415. The van der Waals surface area contributed by atoms with Crippen LogP contribution in [-0.2, 0) is 12.3 Å². The fourth-order valence-corrected chi connectivity index (χ4v) is 4.33. The van der Waals surface area contributed by atoms with Crippen molar-refractivity contribution in [2.45, 2.75) is 44.3 Å². The Morgan fingerprint density at radius 3 is 2.47 bits per heavy atom. The number of halogens is 2. The summed E-state index contributed by atoms with van der Waals surface area (Å²) >= 11 is 13.7. The van der Waals surface area contributed by atoms with Crippen LogP contribution in [-0.4, -0.2) is 20.7 Å². The van der Waals surface area contributed by atoms with Gasteiger partial charge in [-0.15, -0.1) is 10.2 Å². The SMILES string of the molecule is CCn1c(SCc2ccc(Cl)c(Cl)c2)nnc1[C@H](NC(=O)c1ccccc1)C(C)C. The van der Waals surface area contributed by atoms with Crippen molar-refractivity contribution in [2.24, 2.45) is 5.92 Å². The summed E-state index contributed by atoms with van der Waals surface area (Å²) in [7, 11) is 0. The molecule has 0 unspecified atom stereocenters. The second-order valence-corrected chi connectivity index (χ2v) is 8.94. The highest BCUT2D eigenvalue weighted by molar-refractivity contribution is 7.98. The molecule has 0 aliphatic carbocycles. The molecule has 1 amide bonds. The molecule has 30 heavy (non-hydrogen) atoms. The van der Waals surface area contributed by atoms with E-state index in [0.717, 1.165) is 16.5 Å². The van der Waals surface area contributed by atoms with E-state index in [9.17, 15) is 4.79 Å². The van der Waals surface area contributed by atoms with Crippen LogP contribution in [0.5, 0.6) is 0 Å². The molecule has 0 saturated heterocycles.